The van der Waals surface area contributed by atoms with Gasteiger partial charge in [0.25, 0.3) is 0 Å². The highest BCUT2D eigenvalue weighted by molar-refractivity contribution is 5.67. The number of benzene rings is 2. The van der Waals surface area contributed by atoms with E-state index in [2.05, 4.69) is 62.9 Å². The molecule has 0 saturated heterocycles. The molecule has 0 amide bonds. The summed E-state index contributed by atoms with van der Waals surface area (Å²) >= 11 is 0. The number of rotatable bonds is 3. The Morgan fingerprint density at radius 2 is 1.65 bits per heavy atom. The fourth-order valence-electron chi connectivity index (χ4n) is 2.04. The molecule has 0 aromatic heterocycles. The maximum atomic E-state index is 3.85. The van der Waals surface area contributed by atoms with Crippen LogP contribution in [0, 0.1) is 6.92 Å². The molecular weight excluding hydrogens is 204 g/mol. The van der Waals surface area contributed by atoms with Gasteiger partial charge in [0, 0.05) is 0 Å². The van der Waals surface area contributed by atoms with Crippen LogP contribution in [0.2, 0.25) is 0 Å². The summed E-state index contributed by atoms with van der Waals surface area (Å²) in [6.07, 6.45) is 2.97. The lowest BCUT2D eigenvalue weighted by Crippen LogP contribution is -1.88. The topological polar surface area (TPSA) is 0 Å². The van der Waals surface area contributed by atoms with E-state index in [1.165, 1.54) is 27.8 Å². The molecule has 0 radical (unpaired) electrons. The third-order valence-electron chi connectivity index (χ3n) is 3.13. The summed E-state index contributed by atoms with van der Waals surface area (Å²) < 4.78 is 0. The van der Waals surface area contributed by atoms with Crippen molar-refractivity contribution >= 4 is 6.08 Å². The van der Waals surface area contributed by atoms with Crippen LogP contribution in [0.15, 0.2) is 49.0 Å². The SMILES string of the molecule is C=Cc1ccc(-c2ccc(C)cc2)cc1CC. The molecule has 0 fully saturated rings. The summed E-state index contributed by atoms with van der Waals surface area (Å²) in [7, 11) is 0. The van der Waals surface area contributed by atoms with E-state index in [-0.39, 0.29) is 0 Å². The lowest BCUT2D eigenvalue weighted by atomic mass is 9.97. The second-order valence-electron chi connectivity index (χ2n) is 4.34. The van der Waals surface area contributed by atoms with E-state index >= 15 is 0 Å². The van der Waals surface area contributed by atoms with Crippen LogP contribution < -0.4 is 0 Å². The van der Waals surface area contributed by atoms with E-state index < -0.39 is 0 Å². The second-order valence-corrected chi connectivity index (χ2v) is 4.34. The van der Waals surface area contributed by atoms with Crippen LogP contribution in [0.5, 0.6) is 0 Å². The summed E-state index contributed by atoms with van der Waals surface area (Å²) in [5.74, 6) is 0. The first-order valence-corrected chi connectivity index (χ1v) is 6.07. The summed E-state index contributed by atoms with van der Waals surface area (Å²) in [6, 6.07) is 15.3. The minimum absolute atomic E-state index is 1.04. The zero-order chi connectivity index (χ0) is 12.3. The second kappa shape index (κ2) is 5.01. The van der Waals surface area contributed by atoms with Gasteiger partial charge in [0.15, 0.2) is 0 Å². The van der Waals surface area contributed by atoms with Crippen LogP contribution in [0.1, 0.15) is 23.6 Å². The van der Waals surface area contributed by atoms with Gasteiger partial charge in [-0.05, 0) is 35.6 Å². The molecule has 2 aromatic carbocycles. The van der Waals surface area contributed by atoms with Crippen molar-refractivity contribution in [1.29, 1.82) is 0 Å². The summed E-state index contributed by atoms with van der Waals surface area (Å²) in [6.45, 7) is 8.15. The Bertz CT molecular complexity index is 518. The summed E-state index contributed by atoms with van der Waals surface area (Å²) in [5, 5.41) is 0. The number of hydrogen-bond acceptors (Lipinski definition) is 0. The third-order valence-corrected chi connectivity index (χ3v) is 3.13. The molecular formula is C17H18. The van der Waals surface area contributed by atoms with Crippen LogP contribution in [-0.2, 0) is 6.42 Å². The molecule has 0 unspecified atom stereocenters. The Morgan fingerprint density at radius 3 is 2.24 bits per heavy atom. The fourth-order valence-corrected chi connectivity index (χ4v) is 2.04. The first-order chi connectivity index (χ1) is 8.24. The minimum atomic E-state index is 1.04. The van der Waals surface area contributed by atoms with Crippen molar-refractivity contribution in [2.75, 3.05) is 0 Å². The zero-order valence-corrected chi connectivity index (χ0v) is 10.5. The van der Waals surface area contributed by atoms with Gasteiger partial charge >= 0.3 is 0 Å². The third kappa shape index (κ3) is 2.47. The normalized spacial score (nSPS) is 10.2. The number of aryl methyl sites for hydroxylation is 2. The molecule has 2 rings (SSSR count). The lowest BCUT2D eigenvalue weighted by molar-refractivity contribution is 1.13. The Hall–Kier alpha value is -1.82. The van der Waals surface area contributed by atoms with E-state index in [4.69, 9.17) is 0 Å². The molecule has 0 saturated carbocycles. The Balaban J connectivity index is 2.46. The molecule has 86 valence electrons. The van der Waals surface area contributed by atoms with Gasteiger partial charge in [-0.15, -0.1) is 0 Å². The van der Waals surface area contributed by atoms with Crippen LogP contribution in [0.4, 0.5) is 0 Å². The molecule has 0 aliphatic heterocycles. The highest BCUT2D eigenvalue weighted by Gasteiger charge is 2.01. The molecule has 17 heavy (non-hydrogen) atoms. The van der Waals surface area contributed by atoms with Gasteiger partial charge in [0.05, 0.1) is 0 Å². The Kier molecular flexibility index (Phi) is 3.43. The molecule has 2 aromatic rings. The van der Waals surface area contributed by atoms with Crippen LogP contribution in [0.25, 0.3) is 17.2 Å². The quantitative estimate of drug-likeness (QED) is 0.695. The summed E-state index contributed by atoms with van der Waals surface area (Å²) in [4.78, 5) is 0. The first-order valence-electron chi connectivity index (χ1n) is 6.07. The largest absolute Gasteiger partial charge is 0.0985 e. The molecule has 0 atom stereocenters. The molecule has 0 aliphatic rings. The molecule has 0 aliphatic carbocycles. The van der Waals surface area contributed by atoms with E-state index in [0.29, 0.717) is 0 Å². The molecule has 0 spiro atoms. The van der Waals surface area contributed by atoms with Gasteiger partial charge in [-0.2, -0.15) is 0 Å². The van der Waals surface area contributed by atoms with Gasteiger partial charge in [-0.3, -0.25) is 0 Å². The van der Waals surface area contributed by atoms with Crippen molar-refractivity contribution in [3.05, 3.63) is 65.7 Å². The average Bonchev–Trinajstić information content (AvgIpc) is 2.39. The Morgan fingerprint density at radius 1 is 1.00 bits per heavy atom. The van der Waals surface area contributed by atoms with Crippen LogP contribution >= 0.6 is 0 Å². The van der Waals surface area contributed by atoms with Gasteiger partial charge in [0.2, 0.25) is 0 Å². The predicted octanol–water partition coefficient (Wildman–Crippen LogP) is 4.87. The number of hydrogen-bond donors (Lipinski definition) is 0. The molecule has 0 N–H and O–H groups in total. The Labute approximate surface area is 104 Å². The lowest BCUT2D eigenvalue weighted by Gasteiger charge is -2.08. The molecule has 0 heteroatoms. The fraction of sp³-hybridized carbons (Fsp3) is 0.176. The first kappa shape index (κ1) is 11.7. The van der Waals surface area contributed by atoms with Crippen LogP contribution in [0.3, 0.4) is 0 Å². The van der Waals surface area contributed by atoms with Gasteiger partial charge in [-0.25, -0.2) is 0 Å². The monoisotopic (exact) mass is 222 g/mol. The average molecular weight is 222 g/mol. The van der Waals surface area contributed by atoms with Crippen molar-refractivity contribution in [1.82, 2.24) is 0 Å². The highest BCUT2D eigenvalue weighted by Crippen LogP contribution is 2.23. The van der Waals surface area contributed by atoms with Crippen molar-refractivity contribution in [2.24, 2.45) is 0 Å². The maximum Gasteiger partial charge on any atom is -0.0181 e. The highest BCUT2D eigenvalue weighted by atomic mass is 14.1. The molecule has 0 heterocycles. The van der Waals surface area contributed by atoms with Gasteiger partial charge in [0.1, 0.15) is 0 Å². The van der Waals surface area contributed by atoms with E-state index in [9.17, 15) is 0 Å². The predicted molar refractivity (Wildman–Crippen MR) is 76.1 cm³/mol. The molecule has 0 nitrogen and oxygen atoms in total. The standard InChI is InChI=1S/C17H18/c1-4-14-10-11-17(12-15(14)5-2)16-8-6-13(3)7-9-16/h4,6-12H,1,5H2,2-3H3. The van der Waals surface area contributed by atoms with E-state index in [1.54, 1.807) is 0 Å². The van der Waals surface area contributed by atoms with Crippen molar-refractivity contribution in [3.8, 4) is 11.1 Å². The van der Waals surface area contributed by atoms with E-state index in [0.717, 1.165) is 6.42 Å². The van der Waals surface area contributed by atoms with Gasteiger partial charge < -0.3 is 0 Å². The van der Waals surface area contributed by atoms with Crippen molar-refractivity contribution in [2.45, 2.75) is 20.3 Å². The van der Waals surface area contributed by atoms with Crippen molar-refractivity contribution < 1.29 is 0 Å². The zero-order valence-electron chi connectivity index (χ0n) is 10.5. The minimum Gasteiger partial charge on any atom is -0.0985 e. The maximum absolute atomic E-state index is 3.85. The molecule has 0 bridgehead atoms. The van der Waals surface area contributed by atoms with E-state index in [1.807, 2.05) is 6.08 Å². The summed E-state index contributed by atoms with van der Waals surface area (Å²) in [5.41, 5.74) is 6.46. The van der Waals surface area contributed by atoms with Crippen LogP contribution in [-0.4, -0.2) is 0 Å². The van der Waals surface area contributed by atoms with Crippen molar-refractivity contribution in [3.63, 3.8) is 0 Å². The van der Waals surface area contributed by atoms with Gasteiger partial charge in [-0.1, -0.05) is 67.6 Å². The smallest absolute Gasteiger partial charge is 0.0181 e.